The van der Waals surface area contributed by atoms with E-state index in [0.717, 1.165) is 22.5 Å². The van der Waals surface area contributed by atoms with E-state index in [4.69, 9.17) is 12.2 Å². The maximum absolute atomic E-state index is 13.0. The summed E-state index contributed by atoms with van der Waals surface area (Å²) in [5.41, 5.74) is 3.86. The lowest BCUT2D eigenvalue weighted by Crippen LogP contribution is -2.36. The largest absolute Gasteiger partial charge is 0.358 e. The van der Waals surface area contributed by atoms with Crippen LogP contribution in [-0.2, 0) is 22.9 Å². The summed E-state index contributed by atoms with van der Waals surface area (Å²) < 4.78 is 38.4. The van der Waals surface area contributed by atoms with Gasteiger partial charge < -0.3 is 10.2 Å². The lowest BCUT2D eigenvalue weighted by atomic mass is 10.2. The van der Waals surface area contributed by atoms with E-state index in [1.807, 2.05) is 30.5 Å². The van der Waals surface area contributed by atoms with Crippen LogP contribution in [0.5, 0.6) is 0 Å². The predicted molar refractivity (Wildman–Crippen MR) is 111 cm³/mol. The van der Waals surface area contributed by atoms with E-state index >= 15 is 0 Å². The van der Waals surface area contributed by atoms with Crippen LogP contribution >= 0.6 is 12.2 Å². The van der Waals surface area contributed by atoms with Crippen LogP contribution in [0.4, 0.5) is 4.39 Å². The van der Waals surface area contributed by atoms with Crippen molar-refractivity contribution in [2.45, 2.75) is 39.4 Å². The van der Waals surface area contributed by atoms with Crippen molar-refractivity contribution >= 4 is 27.2 Å². The number of hydrogen-bond acceptors (Lipinski definition) is 4. The van der Waals surface area contributed by atoms with E-state index in [0.29, 0.717) is 24.6 Å². The van der Waals surface area contributed by atoms with E-state index in [2.05, 4.69) is 10.4 Å². The van der Waals surface area contributed by atoms with Crippen molar-refractivity contribution in [1.29, 1.82) is 0 Å². The number of aryl methyl sites for hydroxylation is 1. The van der Waals surface area contributed by atoms with Gasteiger partial charge in [-0.25, -0.2) is 12.8 Å². The highest BCUT2D eigenvalue weighted by molar-refractivity contribution is 7.91. The lowest BCUT2D eigenvalue weighted by Gasteiger charge is -2.21. The molecule has 2 heterocycles. The van der Waals surface area contributed by atoms with E-state index in [1.165, 1.54) is 12.1 Å². The van der Waals surface area contributed by atoms with E-state index in [1.54, 1.807) is 12.1 Å². The van der Waals surface area contributed by atoms with Crippen LogP contribution in [0.25, 0.3) is 0 Å². The normalized spacial score (nSPS) is 18.2. The summed E-state index contributed by atoms with van der Waals surface area (Å²) in [6.45, 7) is 5.00. The molecule has 6 nitrogen and oxygen atoms in total. The summed E-state index contributed by atoms with van der Waals surface area (Å²) in [6, 6.07) is 6.20. The lowest BCUT2D eigenvalue weighted by molar-refractivity contribution is 0.474. The Kier molecular flexibility index (Phi) is 6.04. The van der Waals surface area contributed by atoms with Crippen molar-refractivity contribution in [2.24, 2.45) is 0 Å². The van der Waals surface area contributed by atoms with Crippen LogP contribution in [-0.4, -0.2) is 46.8 Å². The summed E-state index contributed by atoms with van der Waals surface area (Å²) in [5.74, 6) is 0.117. The molecule has 0 saturated carbocycles. The zero-order valence-electron chi connectivity index (χ0n) is 16.3. The number of halogens is 1. The number of rotatable bonds is 5. The molecular formula is C19H25FN4O2S2. The quantitative estimate of drug-likeness (QED) is 0.744. The Morgan fingerprint density at radius 3 is 2.64 bits per heavy atom. The fourth-order valence-corrected chi connectivity index (χ4v) is 5.30. The van der Waals surface area contributed by atoms with E-state index in [-0.39, 0.29) is 23.4 Å². The third kappa shape index (κ3) is 4.70. The van der Waals surface area contributed by atoms with Crippen molar-refractivity contribution < 1.29 is 12.8 Å². The molecule has 28 heavy (non-hydrogen) atoms. The van der Waals surface area contributed by atoms with Crippen LogP contribution in [0.3, 0.4) is 0 Å². The standard InChI is InChI=1S/C19H25FN4O2S2/c1-13-18(14(2)24(22-13)17-8-9-28(25,26)12-17)11-23(3)19(27)21-10-15-4-6-16(20)7-5-15/h4-7,17H,8-12H2,1-3H3,(H,21,27)/t17-/m0/s1. The first kappa shape index (κ1) is 20.7. The van der Waals surface area contributed by atoms with Crippen molar-refractivity contribution in [3.8, 4) is 0 Å². The summed E-state index contributed by atoms with van der Waals surface area (Å²) in [6.07, 6.45) is 0.608. The Bertz CT molecular complexity index is 971. The molecule has 1 atom stereocenters. The zero-order chi connectivity index (χ0) is 20.5. The monoisotopic (exact) mass is 424 g/mol. The van der Waals surface area contributed by atoms with Gasteiger partial charge in [0.05, 0.1) is 23.2 Å². The average molecular weight is 425 g/mol. The summed E-state index contributed by atoms with van der Waals surface area (Å²) in [5, 5.41) is 8.36. The van der Waals surface area contributed by atoms with Crippen molar-refractivity contribution in [1.82, 2.24) is 20.0 Å². The third-order valence-corrected chi connectivity index (χ3v) is 7.33. The highest BCUT2D eigenvalue weighted by Gasteiger charge is 2.31. The Hall–Kier alpha value is -2.00. The maximum atomic E-state index is 13.0. The first-order valence-corrected chi connectivity index (χ1v) is 11.4. The molecule has 1 aromatic carbocycles. The first-order chi connectivity index (χ1) is 13.2. The summed E-state index contributed by atoms with van der Waals surface area (Å²) in [4.78, 5) is 1.92. The molecule has 0 unspecified atom stereocenters. The van der Waals surface area contributed by atoms with Crippen LogP contribution in [0.15, 0.2) is 24.3 Å². The molecular weight excluding hydrogens is 399 g/mol. The number of nitrogens with one attached hydrogen (secondary N) is 1. The summed E-state index contributed by atoms with van der Waals surface area (Å²) in [7, 11) is -1.06. The second kappa shape index (κ2) is 8.16. The molecule has 1 aliphatic heterocycles. The fraction of sp³-hybridized carbons (Fsp3) is 0.474. The number of aromatic nitrogens is 2. The Balaban J connectivity index is 1.64. The second-order valence-electron chi connectivity index (χ2n) is 7.29. The summed E-state index contributed by atoms with van der Waals surface area (Å²) >= 11 is 5.47. The molecule has 3 rings (SSSR count). The molecule has 9 heteroatoms. The van der Waals surface area contributed by atoms with Crippen molar-refractivity contribution in [3.63, 3.8) is 0 Å². The predicted octanol–water partition coefficient (Wildman–Crippen LogP) is 2.51. The van der Waals surface area contributed by atoms with Crippen molar-refractivity contribution in [3.05, 3.63) is 52.6 Å². The molecule has 152 valence electrons. The highest BCUT2D eigenvalue weighted by atomic mass is 32.2. The molecule has 1 aliphatic rings. The van der Waals surface area contributed by atoms with Crippen molar-refractivity contribution in [2.75, 3.05) is 18.6 Å². The maximum Gasteiger partial charge on any atom is 0.169 e. The Labute approximate surface area is 170 Å². The molecule has 1 aromatic heterocycles. The smallest absolute Gasteiger partial charge is 0.169 e. The van der Waals surface area contributed by atoms with Gasteiger partial charge in [0.1, 0.15) is 5.82 Å². The van der Waals surface area contributed by atoms with E-state index < -0.39 is 9.84 Å². The van der Waals surface area contributed by atoms with Gasteiger partial charge in [-0.3, -0.25) is 4.68 Å². The molecule has 0 spiro atoms. The van der Waals surface area contributed by atoms with Crippen LogP contribution in [0, 0.1) is 19.7 Å². The zero-order valence-corrected chi connectivity index (χ0v) is 17.9. The average Bonchev–Trinajstić information content (AvgIpc) is 3.14. The van der Waals surface area contributed by atoms with E-state index in [9.17, 15) is 12.8 Å². The molecule has 0 amide bonds. The SMILES string of the molecule is Cc1nn([C@H]2CCS(=O)(=O)C2)c(C)c1CN(C)C(=S)NCc1ccc(F)cc1. The Morgan fingerprint density at radius 2 is 2.04 bits per heavy atom. The Morgan fingerprint density at radius 1 is 1.36 bits per heavy atom. The van der Waals surface area contributed by atoms with Gasteiger partial charge in [-0.2, -0.15) is 5.10 Å². The van der Waals surface area contributed by atoms with Crippen LogP contribution in [0.1, 0.15) is 35.0 Å². The van der Waals surface area contributed by atoms with Crippen LogP contribution in [0.2, 0.25) is 0 Å². The van der Waals surface area contributed by atoms with Gasteiger partial charge in [-0.15, -0.1) is 0 Å². The van der Waals surface area contributed by atoms with Gasteiger partial charge in [0.25, 0.3) is 0 Å². The second-order valence-corrected chi connectivity index (χ2v) is 9.91. The molecule has 2 aromatic rings. The molecule has 0 radical (unpaired) electrons. The molecule has 0 bridgehead atoms. The van der Waals surface area contributed by atoms with Gasteiger partial charge in [-0.05, 0) is 50.2 Å². The number of nitrogens with zero attached hydrogens (tertiary/aromatic N) is 3. The third-order valence-electron chi connectivity index (χ3n) is 5.13. The minimum Gasteiger partial charge on any atom is -0.358 e. The van der Waals surface area contributed by atoms with Crippen LogP contribution < -0.4 is 5.32 Å². The number of sulfone groups is 1. The number of thiocarbonyl (C=S) groups is 1. The van der Waals surface area contributed by atoms with Gasteiger partial charge in [0.2, 0.25) is 0 Å². The first-order valence-electron chi connectivity index (χ1n) is 9.14. The van der Waals surface area contributed by atoms with Gasteiger partial charge in [0, 0.05) is 31.4 Å². The molecule has 1 N–H and O–H groups in total. The molecule has 1 fully saturated rings. The van der Waals surface area contributed by atoms with Gasteiger partial charge in [0.15, 0.2) is 14.9 Å². The number of hydrogen-bond donors (Lipinski definition) is 1. The highest BCUT2D eigenvalue weighted by Crippen LogP contribution is 2.27. The number of benzene rings is 1. The minimum absolute atomic E-state index is 0.0914. The minimum atomic E-state index is -2.96. The topological polar surface area (TPSA) is 67.2 Å². The molecule has 1 saturated heterocycles. The van der Waals surface area contributed by atoms with Gasteiger partial charge >= 0.3 is 0 Å². The van der Waals surface area contributed by atoms with Gasteiger partial charge in [-0.1, -0.05) is 12.1 Å². The fourth-order valence-electron chi connectivity index (χ4n) is 3.47. The molecule has 0 aliphatic carbocycles.